The van der Waals surface area contributed by atoms with E-state index in [9.17, 15) is 0 Å². The van der Waals surface area contributed by atoms with Gasteiger partial charge in [0.25, 0.3) is 0 Å². The van der Waals surface area contributed by atoms with Gasteiger partial charge in [-0.3, -0.25) is 0 Å². The molecule has 1 N–H and O–H groups in total. The Morgan fingerprint density at radius 1 is 1.47 bits per heavy atom. The van der Waals surface area contributed by atoms with Crippen LogP contribution in [0.4, 0.5) is 5.82 Å². The Hall–Kier alpha value is -1.13. The highest BCUT2D eigenvalue weighted by molar-refractivity contribution is 5.42. The number of rotatable bonds is 5. The van der Waals surface area contributed by atoms with Gasteiger partial charge in [0.15, 0.2) is 0 Å². The number of aromatic nitrogens is 1. The lowest BCUT2D eigenvalue weighted by molar-refractivity contribution is 0.0158. The Morgan fingerprint density at radius 3 is 3.06 bits per heavy atom. The van der Waals surface area contributed by atoms with Gasteiger partial charge in [0, 0.05) is 32.0 Å². The predicted molar refractivity (Wildman–Crippen MR) is 67.0 cm³/mol. The number of nitrogens with zero attached hydrogens (tertiary/aromatic N) is 1. The zero-order chi connectivity index (χ0) is 11.9. The van der Waals surface area contributed by atoms with Gasteiger partial charge in [-0.2, -0.15) is 0 Å². The monoisotopic (exact) mass is 236 g/mol. The van der Waals surface area contributed by atoms with Crippen molar-refractivity contribution in [2.45, 2.75) is 19.4 Å². The smallest absolute Gasteiger partial charge is 0.131 e. The first-order chi connectivity index (χ1) is 8.40. The third-order valence-electron chi connectivity index (χ3n) is 3.08. The summed E-state index contributed by atoms with van der Waals surface area (Å²) in [6.07, 6.45) is 4.02. The summed E-state index contributed by atoms with van der Waals surface area (Å²) in [4.78, 5) is 4.25. The van der Waals surface area contributed by atoms with Crippen molar-refractivity contribution in [2.24, 2.45) is 5.92 Å². The number of anilines is 1. The fourth-order valence-electron chi connectivity index (χ4n) is 2.03. The average molecular weight is 236 g/mol. The van der Waals surface area contributed by atoms with E-state index in [0.717, 1.165) is 44.0 Å². The van der Waals surface area contributed by atoms with Gasteiger partial charge in [0.1, 0.15) is 5.82 Å². The third-order valence-corrected chi connectivity index (χ3v) is 3.08. The summed E-state index contributed by atoms with van der Waals surface area (Å²) in [5.74, 6) is 1.55. The maximum absolute atomic E-state index is 5.77. The summed E-state index contributed by atoms with van der Waals surface area (Å²) in [5.41, 5.74) is 1.11. The number of pyridine rings is 1. The number of nitrogens with one attached hydrogen (secondary N) is 1. The van der Waals surface area contributed by atoms with E-state index in [1.165, 1.54) is 0 Å². The lowest BCUT2D eigenvalue weighted by atomic mass is 10.0. The molecule has 0 bridgehead atoms. The van der Waals surface area contributed by atoms with Crippen LogP contribution in [0.25, 0.3) is 0 Å². The van der Waals surface area contributed by atoms with Gasteiger partial charge < -0.3 is 14.8 Å². The maximum atomic E-state index is 5.77. The summed E-state index contributed by atoms with van der Waals surface area (Å²) in [7, 11) is 1.88. The topological polar surface area (TPSA) is 43.4 Å². The van der Waals surface area contributed by atoms with Gasteiger partial charge in [-0.15, -0.1) is 0 Å². The van der Waals surface area contributed by atoms with E-state index in [4.69, 9.17) is 9.47 Å². The van der Waals surface area contributed by atoms with Crippen molar-refractivity contribution in [3.05, 3.63) is 23.9 Å². The quantitative estimate of drug-likeness (QED) is 0.850. The van der Waals surface area contributed by atoms with Crippen LogP contribution in [0.3, 0.4) is 0 Å². The molecule has 1 saturated heterocycles. The van der Waals surface area contributed by atoms with Gasteiger partial charge in [0.05, 0.1) is 13.2 Å². The van der Waals surface area contributed by atoms with E-state index in [1.807, 2.05) is 19.2 Å². The van der Waals surface area contributed by atoms with E-state index in [2.05, 4.69) is 10.3 Å². The Morgan fingerprint density at radius 2 is 2.29 bits per heavy atom. The van der Waals surface area contributed by atoms with Gasteiger partial charge in [-0.25, -0.2) is 4.98 Å². The van der Waals surface area contributed by atoms with Crippen molar-refractivity contribution in [3.8, 4) is 0 Å². The van der Waals surface area contributed by atoms with E-state index < -0.39 is 0 Å². The molecular weight excluding hydrogens is 216 g/mol. The third kappa shape index (κ3) is 3.68. The van der Waals surface area contributed by atoms with Crippen LogP contribution in [0.1, 0.15) is 18.4 Å². The van der Waals surface area contributed by atoms with Gasteiger partial charge in [-0.05, 0) is 24.8 Å². The molecule has 4 heteroatoms. The molecule has 0 amide bonds. The highest BCUT2D eigenvalue weighted by Crippen LogP contribution is 2.17. The first kappa shape index (κ1) is 12.3. The molecular formula is C13H20N2O2. The lowest BCUT2D eigenvalue weighted by Gasteiger charge is -2.21. The zero-order valence-corrected chi connectivity index (χ0v) is 10.3. The highest BCUT2D eigenvalue weighted by atomic mass is 16.5. The van der Waals surface area contributed by atoms with Crippen LogP contribution >= 0.6 is 0 Å². The SMILES string of the molecule is CNc1ncccc1COCC1CCOCC1. The molecule has 0 aliphatic carbocycles. The summed E-state index contributed by atoms with van der Waals surface area (Å²) < 4.78 is 11.1. The molecule has 2 rings (SSSR count). The lowest BCUT2D eigenvalue weighted by Crippen LogP contribution is -2.20. The van der Waals surface area contributed by atoms with E-state index in [1.54, 1.807) is 6.20 Å². The number of hydrogen-bond acceptors (Lipinski definition) is 4. The van der Waals surface area contributed by atoms with Crippen LogP contribution in [0.5, 0.6) is 0 Å². The highest BCUT2D eigenvalue weighted by Gasteiger charge is 2.13. The molecule has 94 valence electrons. The molecule has 1 fully saturated rings. The van der Waals surface area contributed by atoms with Gasteiger partial charge in [-0.1, -0.05) is 6.07 Å². The van der Waals surface area contributed by atoms with Crippen LogP contribution in [-0.2, 0) is 16.1 Å². The van der Waals surface area contributed by atoms with E-state index >= 15 is 0 Å². The van der Waals surface area contributed by atoms with Crippen molar-refractivity contribution in [1.29, 1.82) is 0 Å². The first-order valence-electron chi connectivity index (χ1n) is 6.17. The van der Waals surface area contributed by atoms with Crippen LogP contribution in [0.15, 0.2) is 18.3 Å². The van der Waals surface area contributed by atoms with Crippen molar-refractivity contribution in [1.82, 2.24) is 4.98 Å². The Bertz CT molecular complexity index is 338. The Labute approximate surface area is 102 Å². The fraction of sp³-hybridized carbons (Fsp3) is 0.615. The van der Waals surface area contributed by atoms with Gasteiger partial charge in [0.2, 0.25) is 0 Å². The molecule has 1 aliphatic rings. The summed E-state index contributed by atoms with van der Waals surface area (Å²) >= 11 is 0. The second-order valence-electron chi connectivity index (χ2n) is 4.33. The minimum absolute atomic E-state index is 0.626. The maximum Gasteiger partial charge on any atom is 0.131 e. The normalized spacial score (nSPS) is 17.0. The van der Waals surface area contributed by atoms with Crippen molar-refractivity contribution >= 4 is 5.82 Å². The molecule has 1 aromatic rings. The first-order valence-corrected chi connectivity index (χ1v) is 6.17. The molecule has 0 saturated carbocycles. The Balaban J connectivity index is 1.77. The molecule has 0 atom stereocenters. The molecule has 0 unspecified atom stereocenters. The minimum Gasteiger partial charge on any atom is -0.381 e. The second-order valence-corrected chi connectivity index (χ2v) is 4.33. The van der Waals surface area contributed by atoms with Crippen molar-refractivity contribution < 1.29 is 9.47 Å². The number of hydrogen-bond donors (Lipinski definition) is 1. The second kappa shape index (κ2) is 6.57. The fourth-order valence-corrected chi connectivity index (χ4v) is 2.03. The molecule has 0 radical (unpaired) electrons. The average Bonchev–Trinajstić information content (AvgIpc) is 2.40. The van der Waals surface area contributed by atoms with Crippen molar-refractivity contribution in [2.75, 3.05) is 32.2 Å². The van der Waals surface area contributed by atoms with Crippen LogP contribution < -0.4 is 5.32 Å². The van der Waals surface area contributed by atoms with Gasteiger partial charge >= 0.3 is 0 Å². The standard InChI is InChI=1S/C13H20N2O2/c1-14-13-12(3-2-6-15-13)10-17-9-11-4-7-16-8-5-11/h2-3,6,11H,4-5,7-10H2,1H3,(H,14,15). The zero-order valence-electron chi connectivity index (χ0n) is 10.3. The van der Waals surface area contributed by atoms with Crippen LogP contribution in [0, 0.1) is 5.92 Å². The van der Waals surface area contributed by atoms with Crippen LogP contribution in [0.2, 0.25) is 0 Å². The molecule has 17 heavy (non-hydrogen) atoms. The molecule has 1 aliphatic heterocycles. The van der Waals surface area contributed by atoms with Crippen molar-refractivity contribution in [3.63, 3.8) is 0 Å². The molecule has 1 aromatic heterocycles. The summed E-state index contributed by atoms with van der Waals surface area (Å²) in [5, 5.41) is 3.07. The summed E-state index contributed by atoms with van der Waals surface area (Å²) in [6, 6.07) is 3.98. The van der Waals surface area contributed by atoms with E-state index in [0.29, 0.717) is 12.5 Å². The number of ether oxygens (including phenoxy) is 2. The Kier molecular flexibility index (Phi) is 4.76. The van der Waals surface area contributed by atoms with Crippen LogP contribution in [-0.4, -0.2) is 31.9 Å². The molecule has 0 spiro atoms. The largest absolute Gasteiger partial charge is 0.381 e. The molecule has 0 aromatic carbocycles. The molecule has 2 heterocycles. The van der Waals surface area contributed by atoms with E-state index in [-0.39, 0.29) is 0 Å². The summed E-state index contributed by atoms with van der Waals surface area (Å²) in [6.45, 7) is 3.20. The minimum atomic E-state index is 0.626. The molecule has 4 nitrogen and oxygen atoms in total. The predicted octanol–water partition coefficient (Wildman–Crippen LogP) is 2.07.